The number of nitrogens with one attached hydrogen (secondary N) is 1. The molecular weight excluding hydrogens is 296 g/mol. The maximum atomic E-state index is 11.1. The third-order valence-corrected chi connectivity index (χ3v) is 3.03. The lowest BCUT2D eigenvalue weighted by atomic mass is 10.0. The van der Waals surface area contributed by atoms with Crippen molar-refractivity contribution in [1.82, 2.24) is 4.98 Å². The van der Waals surface area contributed by atoms with E-state index in [-0.39, 0.29) is 5.78 Å². The van der Waals surface area contributed by atoms with E-state index in [4.69, 9.17) is 17.3 Å². The largest absolute Gasteiger partial charge is 0.360 e. The van der Waals surface area contributed by atoms with Crippen molar-refractivity contribution in [3.8, 4) is 0 Å². The molecule has 1 unspecified atom stereocenters. The van der Waals surface area contributed by atoms with Crippen LogP contribution in [0.15, 0.2) is 24.4 Å². The molecule has 0 fully saturated rings. The Bertz CT molecular complexity index is 535. The molecule has 126 valence electrons. The number of aromatic nitrogens is 1. The SMILES string of the molecule is CC.CC.CC.CC(=O)C(N)Cc1c[nH]c2c(Cl)cccc12. The van der Waals surface area contributed by atoms with Crippen LogP contribution in [0.25, 0.3) is 10.9 Å². The predicted octanol–water partition coefficient (Wildman–Crippen LogP) is 5.36. The van der Waals surface area contributed by atoms with Gasteiger partial charge in [-0.25, -0.2) is 0 Å². The van der Waals surface area contributed by atoms with Crippen molar-refractivity contribution in [1.29, 1.82) is 0 Å². The minimum absolute atomic E-state index is 0.00335. The van der Waals surface area contributed by atoms with Crippen LogP contribution in [0.3, 0.4) is 0 Å². The van der Waals surface area contributed by atoms with Crippen molar-refractivity contribution in [2.24, 2.45) is 5.73 Å². The molecule has 2 rings (SSSR count). The van der Waals surface area contributed by atoms with Gasteiger partial charge >= 0.3 is 0 Å². The number of hydrogen-bond acceptors (Lipinski definition) is 2. The van der Waals surface area contributed by atoms with Crippen LogP contribution in [0.4, 0.5) is 0 Å². The summed E-state index contributed by atoms with van der Waals surface area (Å²) in [5.74, 6) is -0.00335. The molecule has 3 N–H and O–H groups in total. The first kappa shape index (κ1) is 23.0. The van der Waals surface area contributed by atoms with Gasteiger partial charge in [0.15, 0.2) is 0 Å². The zero-order chi connectivity index (χ0) is 17.7. The fourth-order valence-electron chi connectivity index (χ4n) is 1.72. The second kappa shape index (κ2) is 13.4. The molecule has 3 nitrogen and oxygen atoms in total. The topological polar surface area (TPSA) is 58.9 Å². The average molecular weight is 327 g/mol. The van der Waals surface area contributed by atoms with E-state index in [1.165, 1.54) is 6.92 Å². The molecule has 0 radical (unpaired) electrons. The van der Waals surface area contributed by atoms with Gasteiger partial charge in [0.05, 0.1) is 16.6 Å². The number of aromatic amines is 1. The summed E-state index contributed by atoms with van der Waals surface area (Å²) < 4.78 is 0. The molecule has 4 heteroatoms. The number of rotatable bonds is 3. The van der Waals surface area contributed by atoms with Crippen molar-refractivity contribution in [3.63, 3.8) is 0 Å². The third kappa shape index (κ3) is 6.63. The Kier molecular flexibility index (Phi) is 13.9. The Labute approximate surface area is 140 Å². The van der Waals surface area contributed by atoms with Crippen molar-refractivity contribution >= 4 is 28.3 Å². The van der Waals surface area contributed by atoms with Crippen LogP contribution in [0, 0.1) is 0 Å². The van der Waals surface area contributed by atoms with Crippen molar-refractivity contribution in [2.45, 2.75) is 60.9 Å². The summed E-state index contributed by atoms with van der Waals surface area (Å²) in [4.78, 5) is 14.2. The normalized spacial score (nSPS) is 10.2. The Hall–Kier alpha value is -1.32. The summed E-state index contributed by atoms with van der Waals surface area (Å²) in [5.41, 5.74) is 7.67. The summed E-state index contributed by atoms with van der Waals surface area (Å²) in [6.45, 7) is 13.5. The molecule has 1 atom stereocenters. The molecule has 1 aromatic carbocycles. The Morgan fingerprint density at radius 3 is 2.23 bits per heavy atom. The standard InChI is InChI=1S/C12H13ClN2O.3C2H6/c1-7(16)11(14)5-8-6-15-12-9(8)3-2-4-10(12)13;3*1-2/h2-4,6,11,15H,5,14H2,1H3;3*1-2H3. The molecule has 1 heterocycles. The molecule has 0 aliphatic heterocycles. The average Bonchev–Trinajstić information content (AvgIpc) is 2.97. The van der Waals surface area contributed by atoms with Crippen LogP contribution in [0.5, 0.6) is 0 Å². The van der Waals surface area contributed by atoms with Crippen LogP contribution in [-0.4, -0.2) is 16.8 Å². The third-order valence-electron chi connectivity index (χ3n) is 2.71. The Morgan fingerprint density at radius 2 is 1.73 bits per heavy atom. The van der Waals surface area contributed by atoms with E-state index in [0.29, 0.717) is 11.4 Å². The van der Waals surface area contributed by atoms with E-state index in [9.17, 15) is 4.79 Å². The van der Waals surface area contributed by atoms with E-state index in [1.807, 2.05) is 65.9 Å². The highest BCUT2D eigenvalue weighted by Gasteiger charge is 2.13. The number of hydrogen-bond donors (Lipinski definition) is 2. The van der Waals surface area contributed by atoms with Crippen LogP contribution in [0.1, 0.15) is 54.0 Å². The minimum Gasteiger partial charge on any atom is -0.360 e. The number of H-pyrrole nitrogens is 1. The first-order valence-corrected chi connectivity index (χ1v) is 8.48. The fourth-order valence-corrected chi connectivity index (χ4v) is 1.95. The highest BCUT2D eigenvalue weighted by Crippen LogP contribution is 2.25. The van der Waals surface area contributed by atoms with Crippen molar-refractivity contribution < 1.29 is 4.79 Å². The lowest BCUT2D eigenvalue weighted by Crippen LogP contribution is -2.30. The number of carbonyl (C=O) groups is 1. The van der Waals surface area contributed by atoms with Gasteiger partial charge in [-0.3, -0.25) is 4.79 Å². The van der Waals surface area contributed by atoms with E-state index in [2.05, 4.69) is 4.98 Å². The molecule has 0 saturated heterocycles. The summed E-state index contributed by atoms with van der Waals surface area (Å²) >= 11 is 6.04. The molecule has 0 saturated carbocycles. The number of carbonyl (C=O) groups excluding carboxylic acids is 1. The number of ketones is 1. The van der Waals surface area contributed by atoms with E-state index in [0.717, 1.165) is 16.5 Å². The van der Waals surface area contributed by atoms with Crippen LogP contribution in [-0.2, 0) is 11.2 Å². The van der Waals surface area contributed by atoms with Crippen molar-refractivity contribution in [2.75, 3.05) is 0 Å². The molecule has 0 aliphatic rings. The highest BCUT2D eigenvalue weighted by molar-refractivity contribution is 6.35. The van der Waals surface area contributed by atoms with Gasteiger partial charge in [0.2, 0.25) is 0 Å². The Morgan fingerprint density at radius 1 is 1.18 bits per heavy atom. The lowest BCUT2D eigenvalue weighted by Gasteiger charge is -2.06. The van der Waals surface area contributed by atoms with Crippen LogP contribution >= 0.6 is 11.6 Å². The molecule has 0 spiro atoms. The van der Waals surface area contributed by atoms with Gasteiger partial charge in [-0.1, -0.05) is 65.3 Å². The van der Waals surface area contributed by atoms with E-state index < -0.39 is 6.04 Å². The molecule has 0 bridgehead atoms. The van der Waals surface area contributed by atoms with E-state index in [1.54, 1.807) is 0 Å². The van der Waals surface area contributed by atoms with Crippen molar-refractivity contribution in [3.05, 3.63) is 35.0 Å². The van der Waals surface area contributed by atoms with Gasteiger partial charge in [0, 0.05) is 11.6 Å². The lowest BCUT2D eigenvalue weighted by molar-refractivity contribution is -0.118. The number of nitrogens with two attached hydrogens (primary N) is 1. The zero-order valence-electron chi connectivity index (χ0n) is 15.0. The monoisotopic (exact) mass is 326 g/mol. The molecule has 22 heavy (non-hydrogen) atoms. The first-order valence-electron chi connectivity index (χ1n) is 8.10. The Balaban J connectivity index is 0. The van der Waals surface area contributed by atoms with Gasteiger partial charge in [-0.2, -0.15) is 0 Å². The number of halogens is 1. The minimum atomic E-state index is -0.446. The smallest absolute Gasteiger partial charge is 0.146 e. The first-order chi connectivity index (χ1) is 10.6. The highest BCUT2D eigenvalue weighted by atomic mass is 35.5. The zero-order valence-corrected chi connectivity index (χ0v) is 15.7. The van der Waals surface area contributed by atoms with Gasteiger partial charge in [0.1, 0.15) is 5.78 Å². The second-order valence-electron chi connectivity index (χ2n) is 3.90. The number of fused-ring (bicyclic) bond motifs is 1. The van der Waals surface area contributed by atoms with Gasteiger partial charge < -0.3 is 10.7 Å². The van der Waals surface area contributed by atoms with Gasteiger partial charge in [0.25, 0.3) is 0 Å². The molecule has 0 aliphatic carbocycles. The molecule has 0 amide bonds. The summed E-state index contributed by atoms with van der Waals surface area (Å²) in [6, 6.07) is 5.24. The number of Topliss-reactive ketones (excluding diaryl/α,β-unsaturated/α-hetero) is 1. The van der Waals surface area contributed by atoms with Gasteiger partial charge in [-0.05, 0) is 25.0 Å². The fraction of sp³-hybridized carbons (Fsp3) is 0.500. The summed E-state index contributed by atoms with van der Waals surface area (Å²) in [6.07, 6.45) is 2.40. The maximum absolute atomic E-state index is 11.1. The quantitative estimate of drug-likeness (QED) is 0.797. The molecule has 2 aromatic rings. The molecular formula is C18H31ClN2O. The molecule has 1 aromatic heterocycles. The maximum Gasteiger partial charge on any atom is 0.146 e. The predicted molar refractivity (Wildman–Crippen MR) is 99.7 cm³/mol. The van der Waals surface area contributed by atoms with E-state index >= 15 is 0 Å². The number of para-hydroxylation sites is 1. The van der Waals surface area contributed by atoms with Crippen LogP contribution in [0.2, 0.25) is 5.02 Å². The second-order valence-corrected chi connectivity index (χ2v) is 4.30. The number of benzene rings is 1. The summed E-state index contributed by atoms with van der Waals surface area (Å²) in [5, 5.41) is 1.71. The van der Waals surface area contributed by atoms with Crippen LogP contribution < -0.4 is 5.73 Å². The van der Waals surface area contributed by atoms with Gasteiger partial charge in [-0.15, -0.1) is 0 Å². The summed E-state index contributed by atoms with van der Waals surface area (Å²) in [7, 11) is 0.